The second kappa shape index (κ2) is 8.59. The molecule has 1 fully saturated rings. The van der Waals surface area contributed by atoms with Crippen molar-refractivity contribution in [2.75, 3.05) is 20.1 Å². The molecule has 0 aromatic heterocycles. The lowest BCUT2D eigenvalue weighted by Gasteiger charge is -2.31. The monoisotopic (exact) mass is 403 g/mol. The average molecular weight is 404 g/mol. The zero-order valence-electron chi connectivity index (χ0n) is 16.7. The van der Waals surface area contributed by atoms with Crippen LogP contribution in [0.1, 0.15) is 26.7 Å². The van der Waals surface area contributed by atoms with Gasteiger partial charge in [-0.2, -0.15) is 4.72 Å². The van der Waals surface area contributed by atoms with E-state index < -0.39 is 16.1 Å². The van der Waals surface area contributed by atoms with E-state index in [-0.39, 0.29) is 22.8 Å². The van der Waals surface area contributed by atoms with E-state index >= 15 is 0 Å². The van der Waals surface area contributed by atoms with Crippen LogP contribution in [0.5, 0.6) is 0 Å². The molecule has 1 heterocycles. The van der Waals surface area contributed by atoms with Crippen molar-refractivity contribution < 1.29 is 13.2 Å². The highest BCUT2D eigenvalue weighted by Gasteiger charge is 2.30. The van der Waals surface area contributed by atoms with Crippen LogP contribution >= 0.6 is 0 Å². The molecule has 2 N–H and O–H groups in total. The predicted molar refractivity (Wildman–Crippen MR) is 112 cm³/mol. The number of amides is 1. The normalized spacial score (nSPS) is 17.7. The van der Waals surface area contributed by atoms with Crippen LogP contribution in [0.2, 0.25) is 0 Å². The minimum atomic E-state index is -3.81. The second-order valence-electron chi connectivity index (χ2n) is 7.94. The molecule has 1 aliphatic rings. The number of nitrogens with zero attached hydrogens (tertiary/aromatic N) is 1. The van der Waals surface area contributed by atoms with E-state index in [0.717, 1.165) is 36.7 Å². The summed E-state index contributed by atoms with van der Waals surface area (Å²) in [6, 6.07) is 11.9. The number of piperidine rings is 1. The molecular formula is C21H29N3O3S. The molecule has 0 saturated carbocycles. The lowest BCUT2D eigenvalue weighted by atomic mass is 10.0. The number of fused-ring (bicyclic) bond motifs is 1. The van der Waals surface area contributed by atoms with Gasteiger partial charge in [-0.15, -0.1) is 0 Å². The van der Waals surface area contributed by atoms with Crippen molar-refractivity contribution >= 4 is 26.7 Å². The molecule has 1 unspecified atom stereocenters. The van der Waals surface area contributed by atoms with Crippen molar-refractivity contribution in [1.29, 1.82) is 0 Å². The van der Waals surface area contributed by atoms with Gasteiger partial charge in [-0.25, -0.2) is 8.42 Å². The first-order valence-electron chi connectivity index (χ1n) is 9.76. The Balaban J connectivity index is 1.75. The van der Waals surface area contributed by atoms with Gasteiger partial charge in [0.05, 0.1) is 4.90 Å². The zero-order chi connectivity index (χ0) is 20.3. The molecule has 2 aromatic carbocycles. The van der Waals surface area contributed by atoms with Crippen LogP contribution in [0, 0.1) is 5.92 Å². The summed E-state index contributed by atoms with van der Waals surface area (Å²) in [6.07, 6.45) is 1.76. The third-order valence-electron chi connectivity index (χ3n) is 5.33. The number of rotatable bonds is 6. The largest absolute Gasteiger partial charge is 0.352 e. The van der Waals surface area contributed by atoms with Crippen LogP contribution in [-0.2, 0) is 14.8 Å². The quantitative estimate of drug-likeness (QED) is 0.776. The van der Waals surface area contributed by atoms with Crippen molar-refractivity contribution in [3.63, 3.8) is 0 Å². The zero-order valence-corrected chi connectivity index (χ0v) is 17.5. The maximum absolute atomic E-state index is 12.9. The van der Waals surface area contributed by atoms with E-state index in [1.165, 1.54) is 0 Å². The number of benzene rings is 2. The molecule has 0 spiro atoms. The van der Waals surface area contributed by atoms with Gasteiger partial charge < -0.3 is 10.2 Å². The van der Waals surface area contributed by atoms with Crippen LogP contribution < -0.4 is 10.0 Å². The van der Waals surface area contributed by atoms with Gasteiger partial charge in [0, 0.05) is 6.04 Å². The smallest absolute Gasteiger partial charge is 0.241 e. The van der Waals surface area contributed by atoms with Gasteiger partial charge in [-0.1, -0.05) is 44.2 Å². The van der Waals surface area contributed by atoms with Crippen molar-refractivity contribution in [1.82, 2.24) is 14.9 Å². The molecular weight excluding hydrogens is 374 g/mol. The highest BCUT2D eigenvalue weighted by molar-refractivity contribution is 7.89. The molecule has 6 nitrogen and oxygen atoms in total. The molecule has 3 rings (SSSR count). The molecule has 1 amide bonds. The first-order chi connectivity index (χ1) is 13.3. The lowest BCUT2D eigenvalue weighted by molar-refractivity contribution is -0.124. The Morgan fingerprint density at radius 3 is 2.36 bits per heavy atom. The molecule has 1 aliphatic heterocycles. The summed E-state index contributed by atoms with van der Waals surface area (Å²) in [5.74, 6) is -0.421. The summed E-state index contributed by atoms with van der Waals surface area (Å²) in [4.78, 5) is 15.2. The van der Waals surface area contributed by atoms with Crippen molar-refractivity contribution in [3.05, 3.63) is 42.5 Å². The van der Waals surface area contributed by atoms with Gasteiger partial charge in [0.25, 0.3) is 0 Å². The van der Waals surface area contributed by atoms with E-state index in [4.69, 9.17) is 0 Å². The SMILES string of the molecule is CC(C)C(NS(=O)(=O)c1ccc2ccccc2c1)C(=O)NC1CCN(C)CC1. The molecule has 152 valence electrons. The summed E-state index contributed by atoms with van der Waals surface area (Å²) in [5.41, 5.74) is 0. The fraction of sp³-hybridized carbons (Fsp3) is 0.476. The Labute approximate surface area is 167 Å². The maximum atomic E-state index is 12.9. The van der Waals surface area contributed by atoms with Crippen LogP contribution in [0.3, 0.4) is 0 Å². The predicted octanol–water partition coefficient (Wildman–Crippen LogP) is 2.35. The van der Waals surface area contributed by atoms with Crippen LogP contribution in [0.15, 0.2) is 47.4 Å². The number of likely N-dealkylation sites (tertiary alicyclic amines) is 1. The third kappa shape index (κ3) is 4.90. The lowest BCUT2D eigenvalue weighted by Crippen LogP contribution is -2.53. The highest BCUT2D eigenvalue weighted by Crippen LogP contribution is 2.20. The molecule has 0 radical (unpaired) electrons. The molecule has 2 aromatic rings. The second-order valence-corrected chi connectivity index (χ2v) is 9.65. The number of carbonyl (C=O) groups is 1. The maximum Gasteiger partial charge on any atom is 0.241 e. The summed E-state index contributed by atoms with van der Waals surface area (Å²) < 4.78 is 28.5. The van der Waals surface area contributed by atoms with E-state index in [9.17, 15) is 13.2 Å². The molecule has 1 saturated heterocycles. The van der Waals surface area contributed by atoms with Gasteiger partial charge in [-0.05, 0) is 61.8 Å². The average Bonchev–Trinajstić information content (AvgIpc) is 2.67. The molecule has 28 heavy (non-hydrogen) atoms. The first kappa shape index (κ1) is 20.8. The number of hydrogen-bond acceptors (Lipinski definition) is 4. The molecule has 0 bridgehead atoms. The first-order valence-corrected chi connectivity index (χ1v) is 11.2. The molecule has 0 aliphatic carbocycles. The van der Waals surface area contributed by atoms with Gasteiger partial charge in [0.1, 0.15) is 6.04 Å². The Bertz CT molecular complexity index is 935. The standard InChI is InChI=1S/C21H29N3O3S/c1-15(2)20(21(25)22-18-10-12-24(3)13-11-18)23-28(26,27)19-9-8-16-6-4-5-7-17(16)14-19/h4-9,14-15,18,20,23H,10-13H2,1-3H3,(H,22,25). The Morgan fingerprint density at radius 2 is 1.71 bits per heavy atom. The fourth-order valence-electron chi connectivity index (χ4n) is 3.51. The topological polar surface area (TPSA) is 78.5 Å². The third-order valence-corrected chi connectivity index (χ3v) is 6.77. The molecule has 7 heteroatoms. The summed E-state index contributed by atoms with van der Waals surface area (Å²) in [5, 5.41) is 4.86. The molecule has 1 atom stereocenters. The minimum absolute atomic E-state index is 0.0927. The highest BCUT2D eigenvalue weighted by atomic mass is 32.2. The van der Waals surface area contributed by atoms with E-state index in [0.29, 0.717) is 0 Å². The Kier molecular flexibility index (Phi) is 6.37. The van der Waals surface area contributed by atoms with Gasteiger partial charge in [-0.3, -0.25) is 4.79 Å². The van der Waals surface area contributed by atoms with E-state index in [1.807, 2.05) is 38.1 Å². The van der Waals surface area contributed by atoms with Crippen molar-refractivity contribution in [3.8, 4) is 0 Å². The summed E-state index contributed by atoms with van der Waals surface area (Å²) >= 11 is 0. The van der Waals surface area contributed by atoms with Crippen LogP contribution in [0.4, 0.5) is 0 Å². The van der Waals surface area contributed by atoms with Gasteiger partial charge in [0.2, 0.25) is 15.9 Å². The van der Waals surface area contributed by atoms with E-state index in [1.54, 1.807) is 18.2 Å². The van der Waals surface area contributed by atoms with Crippen LogP contribution in [-0.4, -0.2) is 51.4 Å². The minimum Gasteiger partial charge on any atom is -0.352 e. The van der Waals surface area contributed by atoms with Crippen LogP contribution in [0.25, 0.3) is 10.8 Å². The number of carbonyl (C=O) groups excluding carboxylic acids is 1. The number of hydrogen-bond donors (Lipinski definition) is 2. The van der Waals surface area contributed by atoms with Gasteiger partial charge >= 0.3 is 0 Å². The Hall–Kier alpha value is -1.96. The van der Waals surface area contributed by atoms with Crippen molar-refractivity contribution in [2.45, 2.75) is 43.7 Å². The fourth-order valence-corrected chi connectivity index (χ4v) is 4.88. The van der Waals surface area contributed by atoms with Crippen molar-refractivity contribution in [2.24, 2.45) is 5.92 Å². The summed E-state index contributed by atoms with van der Waals surface area (Å²) in [6.45, 7) is 5.56. The Morgan fingerprint density at radius 1 is 1.07 bits per heavy atom. The van der Waals surface area contributed by atoms with E-state index in [2.05, 4.69) is 22.0 Å². The number of sulfonamides is 1. The summed E-state index contributed by atoms with van der Waals surface area (Å²) in [7, 11) is -1.75. The van der Waals surface area contributed by atoms with Gasteiger partial charge in [0.15, 0.2) is 0 Å². The number of nitrogens with one attached hydrogen (secondary N) is 2.